The second-order valence-corrected chi connectivity index (χ2v) is 13.0. The van der Waals surface area contributed by atoms with Crippen molar-refractivity contribution < 1.29 is 4.79 Å². The molecular formula is C33H47N7O2. The average molecular weight is 574 g/mol. The topological polar surface area (TPSA) is 94.5 Å². The van der Waals surface area contributed by atoms with E-state index in [9.17, 15) is 9.59 Å². The minimum Gasteiger partial charge on any atom is -0.374 e. The van der Waals surface area contributed by atoms with Crippen LogP contribution in [0.2, 0.25) is 0 Å². The predicted molar refractivity (Wildman–Crippen MR) is 170 cm³/mol. The Hall–Kier alpha value is -3.59. The van der Waals surface area contributed by atoms with Crippen molar-refractivity contribution in [1.29, 1.82) is 0 Å². The van der Waals surface area contributed by atoms with E-state index in [2.05, 4.69) is 70.8 Å². The van der Waals surface area contributed by atoms with Crippen molar-refractivity contribution in [1.82, 2.24) is 25.3 Å². The van der Waals surface area contributed by atoms with Crippen LogP contribution in [0.15, 0.2) is 58.7 Å². The van der Waals surface area contributed by atoms with Gasteiger partial charge in [-0.15, -0.1) is 0 Å². The molecule has 1 amide bonds. The monoisotopic (exact) mass is 573 g/mol. The van der Waals surface area contributed by atoms with Crippen molar-refractivity contribution in [3.8, 4) is 0 Å². The largest absolute Gasteiger partial charge is 0.374 e. The van der Waals surface area contributed by atoms with E-state index in [-0.39, 0.29) is 22.9 Å². The van der Waals surface area contributed by atoms with Crippen molar-refractivity contribution in [2.75, 3.05) is 42.9 Å². The highest BCUT2D eigenvalue weighted by molar-refractivity contribution is 5.94. The number of amides is 1. The number of nitrogens with zero attached hydrogens (tertiary/aromatic N) is 4. The summed E-state index contributed by atoms with van der Waals surface area (Å²) in [6.07, 6.45) is 9.40. The van der Waals surface area contributed by atoms with Gasteiger partial charge in [-0.3, -0.25) is 9.59 Å². The van der Waals surface area contributed by atoms with Gasteiger partial charge in [0.25, 0.3) is 11.5 Å². The lowest BCUT2D eigenvalue weighted by atomic mass is 9.86. The Kier molecular flexibility index (Phi) is 9.06. The summed E-state index contributed by atoms with van der Waals surface area (Å²) in [7, 11) is 1.70. The van der Waals surface area contributed by atoms with Crippen molar-refractivity contribution in [2.24, 2.45) is 7.05 Å². The molecule has 3 N–H and O–H groups in total. The van der Waals surface area contributed by atoms with Crippen LogP contribution < -0.4 is 26.4 Å². The lowest BCUT2D eigenvalue weighted by Crippen LogP contribution is -2.48. The Labute approximate surface area is 250 Å². The molecule has 1 aromatic heterocycles. The van der Waals surface area contributed by atoms with Crippen LogP contribution in [0, 0.1) is 0 Å². The molecule has 1 aromatic carbocycles. The Morgan fingerprint density at radius 2 is 1.81 bits per heavy atom. The number of aryl methyl sites for hydroxylation is 1. The summed E-state index contributed by atoms with van der Waals surface area (Å²) in [5.41, 5.74) is 4.49. The van der Waals surface area contributed by atoms with Gasteiger partial charge in [0, 0.05) is 62.3 Å². The minimum atomic E-state index is -0.160. The average Bonchev–Trinajstić information content (AvgIpc) is 3.16. The van der Waals surface area contributed by atoms with Crippen LogP contribution in [0.5, 0.6) is 0 Å². The van der Waals surface area contributed by atoms with E-state index < -0.39 is 0 Å². The van der Waals surface area contributed by atoms with Gasteiger partial charge in [0.1, 0.15) is 5.69 Å². The number of carbonyl (C=O) groups excluding carboxylic acids is 1. The van der Waals surface area contributed by atoms with Crippen LogP contribution in [0.1, 0.15) is 75.7 Å². The van der Waals surface area contributed by atoms with Crippen LogP contribution in [0.4, 0.5) is 11.5 Å². The SMILES string of the molecule is CC1=C(Nc2cc(N3CCCC(NC(=O)c4ccc(C(C)(C)C)cc4)C3)nn(C)c2=O)C=CN(C2CCNCC2)CC1. The minimum absolute atomic E-state index is 0.000278. The molecule has 9 nitrogen and oxygen atoms in total. The Balaban J connectivity index is 1.27. The maximum atomic E-state index is 13.1. The molecule has 42 heavy (non-hydrogen) atoms. The number of carbonyl (C=O) groups is 1. The zero-order valence-corrected chi connectivity index (χ0v) is 25.9. The molecule has 1 atom stereocenters. The molecule has 1 unspecified atom stereocenters. The van der Waals surface area contributed by atoms with E-state index in [4.69, 9.17) is 0 Å². The zero-order chi connectivity index (χ0) is 29.9. The van der Waals surface area contributed by atoms with Crippen LogP contribution in [-0.2, 0) is 12.5 Å². The molecule has 2 fully saturated rings. The highest BCUT2D eigenvalue weighted by atomic mass is 16.2. The van der Waals surface area contributed by atoms with Crippen LogP contribution in [0.25, 0.3) is 0 Å². The zero-order valence-electron chi connectivity index (χ0n) is 25.9. The maximum absolute atomic E-state index is 13.1. The smallest absolute Gasteiger partial charge is 0.290 e. The summed E-state index contributed by atoms with van der Waals surface area (Å²) < 4.78 is 1.41. The van der Waals surface area contributed by atoms with Gasteiger partial charge in [-0.2, -0.15) is 5.10 Å². The van der Waals surface area contributed by atoms with Gasteiger partial charge >= 0.3 is 0 Å². The van der Waals surface area contributed by atoms with Gasteiger partial charge in [-0.05, 0) is 86.9 Å². The lowest BCUT2D eigenvalue weighted by molar-refractivity contribution is 0.0933. The second-order valence-electron chi connectivity index (χ2n) is 13.0. The summed E-state index contributed by atoms with van der Waals surface area (Å²) in [4.78, 5) is 30.8. The number of aromatic nitrogens is 2. The molecule has 0 radical (unpaired) electrons. The summed E-state index contributed by atoms with van der Waals surface area (Å²) in [6, 6.07) is 10.3. The fourth-order valence-electron chi connectivity index (χ4n) is 6.09. The number of hydrogen-bond acceptors (Lipinski definition) is 7. The molecule has 2 saturated heterocycles. The van der Waals surface area contributed by atoms with Crippen molar-refractivity contribution in [3.05, 3.63) is 75.4 Å². The van der Waals surface area contributed by atoms with E-state index in [1.807, 2.05) is 30.3 Å². The summed E-state index contributed by atoms with van der Waals surface area (Å²) in [5, 5.41) is 14.7. The number of piperidine rings is 2. The van der Waals surface area contributed by atoms with E-state index in [0.29, 0.717) is 23.8 Å². The third-order valence-corrected chi connectivity index (χ3v) is 8.83. The molecule has 5 rings (SSSR count). The van der Waals surface area contributed by atoms with Crippen molar-refractivity contribution >= 4 is 17.4 Å². The normalized spacial score (nSPS) is 20.5. The van der Waals surface area contributed by atoms with Crippen LogP contribution >= 0.6 is 0 Å². The quantitative estimate of drug-likeness (QED) is 0.478. The van der Waals surface area contributed by atoms with Crippen molar-refractivity contribution in [3.63, 3.8) is 0 Å². The van der Waals surface area contributed by atoms with E-state index >= 15 is 0 Å². The van der Waals surface area contributed by atoms with Gasteiger partial charge in [0.05, 0.1) is 0 Å². The molecule has 0 bridgehead atoms. The standard InChI is InChI=1S/C33H47N7O2/c1-23-14-19-39(27-12-16-34-17-13-27)20-15-28(23)36-29-21-30(37-38(5)32(29)42)40-18-6-7-26(22-40)35-31(41)24-8-10-25(11-9-24)33(2,3)4/h8-11,15,20-21,26-27,34,36H,6-7,12-14,16-19,22H2,1-5H3,(H,35,41). The first-order chi connectivity index (χ1) is 20.1. The summed E-state index contributed by atoms with van der Waals surface area (Å²) in [6.45, 7) is 13.2. The highest BCUT2D eigenvalue weighted by Gasteiger charge is 2.25. The molecule has 0 aliphatic carbocycles. The van der Waals surface area contributed by atoms with Crippen LogP contribution in [-0.4, -0.2) is 65.4 Å². The number of nitrogens with one attached hydrogen (secondary N) is 3. The molecule has 4 heterocycles. The van der Waals surface area contributed by atoms with Gasteiger partial charge in [0.15, 0.2) is 5.82 Å². The fourth-order valence-corrected chi connectivity index (χ4v) is 6.09. The Morgan fingerprint density at radius 3 is 2.52 bits per heavy atom. The molecule has 0 spiro atoms. The number of hydrogen-bond donors (Lipinski definition) is 3. The molecule has 3 aliphatic heterocycles. The first kappa shape index (κ1) is 29.9. The molecule has 3 aliphatic rings. The first-order valence-corrected chi connectivity index (χ1v) is 15.4. The molecule has 9 heteroatoms. The van der Waals surface area contributed by atoms with E-state index in [1.165, 1.54) is 15.8 Å². The fraction of sp³-hybridized carbons (Fsp3) is 0.545. The number of allylic oxidation sites excluding steroid dienone is 1. The first-order valence-electron chi connectivity index (χ1n) is 15.4. The third kappa shape index (κ3) is 7.06. The third-order valence-electron chi connectivity index (χ3n) is 8.83. The van der Waals surface area contributed by atoms with Gasteiger partial charge in [-0.25, -0.2) is 4.68 Å². The van der Waals surface area contributed by atoms with E-state index in [1.54, 1.807) is 7.05 Å². The van der Waals surface area contributed by atoms with Gasteiger partial charge in [-0.1, -0.05) is 32.9 Å². The highest BCUT2D eigenvalue weighted by Crippen LogP contribution is 2.25. The summed E-state index contributed by atoms with van der Waals surface area (Å²) in [5.74, 6) is 0.680. The van der Waals surface area contributed by atoms with Crippen molar-refractivity contribution in [2.45, 2.75) is 77.3 Å². The predicted octanol–water partition coefficient (Wildman–Crippen LogP) is 4.13. The van der Waals surface area contributed by atoms with Crippen LogP contribution in [0.3, 0.4) is 0 Å². The van der Waals surface area contributed by atoms with Gasteiger partial charge < -0.3 is 25.8 Å². The molecular weight excluding hydrogens is 526 g/mol. The number of benzene rings is 1. The van der Waals surface area contributed by atoms with Gasteiger partial charge in [0.2, 0.25) is 0 Å². The Morgan fingerprint density at radius 1 is 1.07 bits per heavy atom. The number of rotatable bonds is 6. The van der Waals surface area contributed by atoms with E-state index in [0.717, 1.165) is 69.8 Å². The number of anilines is 2. The molecule has 226 valence electrons. The second kappa shape index (κ2) is 12.7. The lowest BCUT2D eigenvalue weighted by Gasteiger charge is -2.34. The summed E-state index contributed by atoms with van der Waals surface area (Å²) >= 11 is 0. The molecule has 0 saturated carbocycles. The Bertz CT molecular complexity index is 1380. The maximum Gasteiger partial charge on any atom is 0.290 e. The molecule has 2 aromatic rings.